The van der Waals surface area contributed by atoms with Crippen molar-refractivity contribution in [2.24, 2.45) is 5.92 Å². The summed E-state index contributed by atoms with van der Waals surface area (Å²) < 4.78 is 1.65. The molecule has 0 aromatic carbocycles. The zero-order chi connectivity index (χ0) is 9.14. The molecule has 0 aliphatic carbocycles. The van der Waals surface area contributed by atoms with E-state index in [9.17, 15) is 4.79 Å². The molecule has 4 heteroatoms. The minimum atomic E-state index is -0.789. The molecule has 0 saturated carbocycles. The van der Waals surface area contributed by atoms with Gasteiger partial charge >= 0.3 is 5.97 Å². The second-order valence-corrected chi connectivity index (χ2v) is 2.98. The van der Waals surface area contributed by atoms with Crippen molar-refractivity contribution in [3.05, 3.63) is 18.0 Å². The van der Waals surface area contributed by atoms with Gasteiger partial charge in [-0.2, -0.15) is 5.10 Å². The van der Waals surface area contributed by atoms with Crippen molar-refractivity contribution in [1.29, 1.82) is 0 Å². The third-order valence-electron chi connectivity index (χ3n) is 1.64. The molecule has 0 fully saturated rings. The number of nitrogens with zero attached hydrogens (tertiary/aromatic N) is 2. The molecule has 1 rings (SSSR count). The highest BCUT2D eigenvalue weighted by molar-refractivity contribution is 5.69. The monoisotopic (exact) mass is 168 g/mol. The van der Waals surface area contributed by atoms with E-state index in [-0.39, 0.29) is 5.92 Å². The number of carbonyl (C=O) groups is 1. The third kappa shape index (κ3) is 2.08. The van der Waals surface area contributed by atoms with Crippen LogP contribution < -0.4 is 0 Å². The van der Waals surface area contributed by atoms with Gasteiger partial charge in [0.05, 0.1) is 18.7 Å². The second kappa shape index (κ2) is 3.38. The van der Waals surface area contributed by atoms with Crippen LogP contribution in [0, 0.1) is 12.8 Å². The zero-order valence-corrected chi connectivity index (χ0v) is 7.19. The highest BCUT2D eigenvalue weighted by Gasteiger charge is 2.11. The second-order valence-electron chi connectivity index (χ2n) is 2.98. The molecule has 66 valence electrons. The molecule has 0 aliphatic rings. The Morgan fingerprint density at radius 3 is 2.92 bits per heavy atom. The maximum atomic E-state index is 10.5. The number of rotatable bonds is 3. The van der Waals surface area contributed by atoms with E-state index < -0.39 is 5.97 Å². The molecule has 1 aromatic heterocycles. The van der Waals surface area contributed by atoms with Crippen LogP contribution in [-0.4, -0.2) is 20.9 Å². The highest BCUT2D eigenvalue weighted by atomic mass is 16.4. The van der Waals surface area contributed by atoms with E-state index in [1.165, 1.54) is 0 Å². The maximum Gasteiger partial charge on any atom is 0.308 e. The number of hydrogen-bond donors (Lipinski definition) is 1. The van der Waals surface area contributed by atoms with Gasteiger partial charge in [-0.05, 0) is 12.5 Å². The molecule has 0 saturated heterocycles. The van der Waals surface area contributed by atoms with Crippen LogP contribution in [0.15, 0.2) is 12.4 Å². The van der Waals surface area contributed by atoms with E-state index >= 15 is 0 Å². The van der Waals surface area contributed by atoms with Gasteiger partial charge in [-0.25, -0.2) is 0 Å². The van der Waals surface area contributed by atoms with E-state index in [1.807, 2.05) is 13.1 Å². The van der Waals surface area contributed by atoms with Crippen molar-refractivity contribution in [3.63, 3.8) is 0 Å². The molecule has 1 atom stereocenters. The minimum Gasteiger partial charge on any atom is -0.481 e. The number of aliphatic carboxylic acids is 1. The lowest BCUT2D eigenvalue weighted by molar-refractivity contribution is -0.141. The summed E-state index contributed by atoms with van der Waals surface area (Å²) in [5, 5.41) is 12.6. The zero-order valence-electron chi connectivity index (χ0n) is 7.19. The molecule has 1 aromatic rings. The van der Waals surface area contributed by atoms with Crippen LogP contribution in [-0.2, 0) is 11.3 Å². The van der Waals surface area contributed by atoms with Gasteiger partial charge in [-0.15, -0.1) is 0 Å². The van der Waals surface area contributed by atoms with Crippen molar-refractivity contribution >= 4 is 5.97 Å². The van der Waals surface area contributed by atoms with E-state index in [0.717, 1.165) is 5.56 Å². The molecule has 0 bridgehead atoms. The van der Waals surface area contributed by atoms with Gasteiger partial charge in [0.25, 0.3) is 0 Å². The number of aromatic nitrogens is 2. The summed E-state index contributed by atoms with van der Waals surface area (Å²) in [7, 11) is 0. The minimum absolute atomic E-state index is 0.385. The third-order valence-corrected chi connectivity index (χ3v) is 1.64. The summed E-state index contributed by atoms with van der Waals surface area (Å²) in [6.45, 7) is 4.03. The molecule has 12 heavy (non-hydrogen) atoms. The average molecular weight is 168 g/mol. The predicted octanol–water partition coefficient (Wildman–Crippen LogP) is 0.912. The lowest BCUT2D eigenvalue weighted by Crippen LogP contribution is -2.16. The van der Waals surface area contributed by atoms with Gasteiger partial charge in [-0.3, -0.25) is 9.48 Å². The van der Waals surface area contributed by atoms with Gasteiger partial charge < -0.3 is 5.11 Å². The molecule has 0 aliphatic heterocycles. The Morgan fingerprint density at radius 2 is 2.50 bits per heavy atom. The summed E-state index contributed by atoms with van der Waals surface area (Å²) in [5.41, 5.74) is 1.05. The van der Waals surface area contributed by atoms with E-state index in [4.69, 9.17) is 5.11 Å². The van der Waals surface area contributed by atoms with Gasteiger partial charge in [-0.1, -0.05) is 6.92 Å². The molecular weight excluding hydrogens is 156 g/mol. The Morgan fingerprint density at radius 1 is 1.83 bits per heavy atom. The molecule has 1 N–H and O–H groups in total. The number of carboxylic acid groups (broad SMARTS) is 1. The molecule has 1 unspecified atom stereocenters. The molecule has 1 heterocycles. The fourth-order valence-corrected chi connectivity index (χ4v) is 0.925. The molecule has 4 nitrogen and oxygen atoms in total. The average Bonchev–Trinajstić information content (AvgIpc) is 2.35. The highest BCUT2D eigenvalue weighted by Crippen LogP contribution is 2.01. The van der Waals surface area contributed by atoms with Crippen molar-refractivity contribution in [2.75, 3.05) is 0 Å². The van der Waals surface area contributed by atoms with Gasteiger partial charge in [0.1, 0.15) is 0 Å². The van der Waals surface area contributed by atoms with Crippen molar-refractivity contribution in [1.82, 2.24) is 9.78 Å². The quantitative estimate of drug-likeness (QED) is 0.729. The first-order chi connectivity index (χ1) is 5.59. The number of carboxylic acids is 1. The smallest absolute Gasteiger partial charge is 0.308 e. The summed E-state index contributed by atoms with van der Waals surface area (Å²) >= 11 is 0. The van der Waals surface area contributed by atoms with Crippen molar-refractivity contribution in [2.45, 2.75) is 20.4 Å². The van der Waals surface area contributed by atoms with Crippen LogP contribution in [0.4, 0.5) is 0 Å². The standard InChI is InChI=1S/C8H12N2O2/c1-6-3-9-10(4-6)5-7(2)8(11)12/h3-4,7H,5H2,1-2H3,(H,11,12). The molecule has 0 spiro atoms. The summed E-state index contributed by atoms with van der Waals surface area (Å²) in [5.74, 6) is -1.17. The molecular formula is C8H12N2O2. The first kappa shape index (κ1) is 8.77. The first-order valence-electron chi connectivity index (χ1n) is 3.81. The van der Waals surface area contributed by atoms with Crippen LogP contribution in [0.2, 0.25) is 0 Å². The van der Waals surface area contributed by atoms with E-state index in [2.05, 4.69) is 5.10 Å². The largest absolute Gasteiger partial charge is 0.481 e. The van der Waals surface area contributed by atoms with Crippen LogP contribution in [0.3, 0.4) is 0 Å². The van der Waals surface area contributed by atoms with Gasteiger partial charge in [0, 0.05) is 6.20 Å². The summed E-state index contributed by atoms with van der Waals surface area (Å²) in [6.07, 6.45) is 3.55. The van der Waals surface area contributed by atoms with E-state index in [1.54, 1.807) is 17.8 Å². The number of aryl methyl sites for hydroxylation is 1. The Balaban J connectivity index is 2.58. The lowest BCUT2D eigenvalue weighted by atomic mass is 10.2. The van der Waals surface area contributed by atoms with E-state index in [0.29, 0.717) is 6.54 Å². The van der Waals surface area contributed by atoms with Crippen LogP contribution >= 0.6 is 0 Å². The van der Waals surface area contributed by atoms with Crippen LogP contribution in [0.5, 0.6) is 0 Å². The maximum absolute atomic E-state index is 10.5. The normalized spacial score (nSPS) is 12.8. The van der Waals surface area contributed by atoms with Crippen molar-refractivity contribution in [3.8, 4) is 0 Å². The fourth-order valence-electron chi connectivity index (χ4n) is 0.925. The number of hydrogen-bond acceptors (Lipinski definition) is 2. The summed E-state index contributed by atoms with van der Waals surface area (Å²) in [4.78, 5) is 10.5. The van der Waals surface area contributed by atoms with Crippen LogP contribution in [0.1, 0.15) is 12.5 Å². The molecule has 0 amide bonds. The Bertz CT molecular complexity index is 280. The van der Waals surface area contributed by atoms with Gasteiger partial charge in [0.2, 0.25) is 0 Å². The topological polar surface area (TPSA) is 55.1 Å². The van der Waals surface area contributed by atoms with Gasteiger partial charge in [0.15, 0.2) is 0 Å². The molecule has 0 radical (unpaired) electrons. The Labute approximate surface area is 70.8 Å². The Hall–Kier alpha value is -1.32. The SMILES string of the molecule is Cc1cnn(CC(C)C(=O)O)c1. The fraction of sp³-hybridized carbons (Fsp3) is 0.500. The van der Waals surface area contributed by atoms with Crippen LogP contribution in [0.25, 0.3) is 0 Å². The predicted molar refractivity (Wildman–Crippen MR) is 43.8 cm³/mol. The lowest BCUT2D eigenvalue weighted by Gasteiger charge is -2.04. The summed E-state index contributed by atoms with van der Waals surface area (Å²) in [6, 6.07) is 0. The Kier molecular flexibility index (Phi) is 2.47. The first-order valence-corrected chi connectivity index (χ1v) is 3.81. The van der Waals surface area contributed by atoms with Crippen molar-refractivity contribution < 1.29 is 9.90 Å².